The molecule has 3 amide bonds. The van der Waals surface area contributed by atoms with Crippen LogP contribution in [0.2, 0.25) is 0 Å². The van der Waals surface area contributed by atoms with E-state index in [2.05, 4.69) is 25.7 Å². The second kappa shape index (κ2) is 6.93. The highest BCUT2D eigenvalue weighted by atomic mass is 16.2. The van der Waals surface area contributed by atoms with Crippen LogP contribution in [-0.2, 0) is 14.4 Å². The molecule has 0 aromatic heterocycles. The minimum absolute atomic E-state index is 0.123. The fourth-order valence-electron chi connectivity index (χ4n) is 4.39. The van der Waals surface area contributed by atoms with Crippen molar-refractivity contribution in [3.05, 3.63) is 12.2 Å². The standard InChI is InChI=1S/C20H30N2O3/c1-20(2,3)16-10-11-21(13-16)19(25)15-6-4-14(5-7-15)12-22-17(23)8-9-18(22)24/h8-9,14-16H,4-7,10-13H2,1-3H3/t14?,15?,16-/m0/s1. The lowest BCUT2D eigenvalue weighted by molar-refractivity contribution is -0.139. The molecular formula is C20H30N2O3. The lowest BCUT2D eigenvalue weighted by atomic mass is 9.80. The highest BCUT2D eigenvalue weighted by molar-refractivity contribution is 6.12. The van der Waals surface area contributed by atoms with Crippen molar-refractivity contribution in [2.24, 2.45) is 23.2 Å². The van der Waals surface area contributed by atoms with E-state index in [-0.39, 0.29) is 23.1 Å². The zero-order chi connectivity index (χ0) is 18.2. The lowest BCUT2D eigenvalue weighted by Crippen LogP contribution is -2.39. The zero-order valence-corrected chi connectivity index (χ0v) is 15.7. The van der Waals surface area contributed by atoms with Gasteiger partial charge in [0.25, 0.3) is 11.8 Å². The number of amides is 3. The second-order valence-corrected chi connectivity index (χ2v) is 8.97. The highest BCUT2D eigenvalue weighted by Gasteiger charge is 2.37. The predicted molar refractivity (Wildman–Crippen MR) is 95.5 cm³/mol. The molecule has 3 aliphatic rings. The molecule has 25 heavy (non-hydrogen) atoms. The first-order valence-electron chi connectivity index (χ1n) is 9.58. The number of nitrogens with zero attached hydrogens (tertiary/aromatic N) is 2. The summed E-state index contributed by atoms with van der Waals surface area (Å²) < 4.78 is 0. The van der Waals surface area contributed by atoms with Crippen molar-refractivity contribution in [3.63, 3.8) is 0 Å². The summed E-state index contributed by atoms with van der Waals surface area (Å²) in [6, 6.07) is 0. The molecule has 1 saturated heterocycles. The Morgan fingerprint density at radius 1 is 1.04 bits per heavy atom. The fourth-order valence-corrected chi connectivity index (χ4v) is 4.39. The number of imide groups is 1. The van der Waals surface area contributed by atoms with Gasteiger partial charge in [-0.1, -0.05) is 20.8 Å². The fraction of sp³-hybridized carbons (Fsp3) is 0.750. The van der Waals surface area contributed by atoms with Crippen LogP contribution < -0.4 is 0 Å². The van der Waals surface area contributed by atoms with E-state index >= 15 is 0 Å². The van der Waals surface area contributed by atoms with Crippen LogP contribution >= 0.6 is 0 Å². The SMILES string of the molecule is CC(C)(C)[C@H]1CCN(C(=O)C2CCC(CN3C(=O)C=CC3=O)CC2)C1. The number of hydrogen-bond donors (Lipinski definition) is 0. The van der Waals surface area contributed by atoms with Gasteiger partial charge < -0.3 is 4.90 Å². The van der Waals surface area contributed by atoms with Crippen LogP contribution in [-0.4, -0.2) is 47.2 Å². The first-order chi connectivity index (χ1) is 11.8. The Kier molecular flexibility index (Phi) is 5.03. The second-order valence-electron chi connectivity index (χ2n) is 8.97. The summed E-state index contributed by atoms with van der Waals surface area (Å²) in [7, 11) is 0. The van der Waals surface area contributed by atoms with Crippen molar-refractivity contribution in [2.75, 3.05) is 19.6 Å². The summed E-state index contributed by atoms with van der Waals surface area (Å²) in [5, 5.41) is 0. The van der Waals surface area contributed by atoms with Gasteiger partial charge in [0.05, 0.1) is 0 Å². The largest absolute Gasteiger partial charge is 0.342 e. The molecule has 1 atom stereocenters. The van der Waals surface area contributed by atoms with E-state index in [1.165, 1.54) is 17.1 Å². The lowest BCUT2D eigenvalue weighted by Gasteiger charge is -2.32. The predicted octanol–water partition coefficient (Wildman–Crippen LogP) is 2.61. The number of likely N-dealkylation sites (tertiary alicyclic amines) is 1. The first kappa shape index (κ1) is 18.2. The van der Waals surface area contributed by atoms with Gasteiger partial charge in [0.1, 0.15) is 0 Å². The average molecular weight is 346 g/mol. The van der Waals surface area contributed by atoms with Crippen LogP contribution in [0.3, 0.4) is 0 Å². The maximum atomic E-state index is 12.8. The number of hydrogen-bond acceptors (Lipinski definition) is 3. The normalized spacial score (nSPS) is 30.4. The van der Waals surface area contributed by atoms with Gasteiger partial charge >= 0.3 is 0 Å². The summed E-state index contributed by atoms with van der Waals surface area (Å²) >= 11 is 0. The van der Waals surface area contributed by atoms with E-state index in [0.29, 0.717) is 24.3 Å². The van der Waals surface area contributed by atoms with E-state index in [1.54, 1.807) is 0 Å². The molecule has 5 nitrogen and oxygen atoms in total. The van der Waals surface area contributed by atoms with E-state index in [9.17, 15) is 14.4 Å². The maximum absolute atomic E-state index is 12.8. The van der Waals surface area contributed by atoms with E-state index in [4.69, 9.17) is 0 Å². The molecule has 2 fully saturated rings. The number of carbonyl (C=O) groups excluding carboxylic acids is 3. The Hall–Kier alpha value is -1.65. The van der Waals surface area contributed by atoms with Crippen LogP contribution in [0.4, 0.5) is 0 Å². The smallest absolute Gasteiger partial charge is 0.253 e. The van der Waals surface area contributed by atoms with Gasteiger partial charge in [0.15, 0.2) is 0 Å². The summed E-state index contributed by atoms with van der Waals surface area (Å²) in [5.74, 6) is 0.963. The van der Waals surface area contributed by atoms with Crippen molar-refractivity contribution in [3.8, 4) is 0 Å². The molecule has 5 heteroatoms. The topological polar surface area (TPSA) is 57.7 Å². The Labute approximate surface area is 150 Å². The van der Waals surface area contributed by atoms with Crippen molar-refractivity contribution in [2.45, 2.75) is 52.9 Å². The molecule has 1 saturated carbocycles. The van der Waals surface area contributed by atoms with Gasteiger partial charge in [0, 0.05) is 37.7 Å². The Morgan fingerprint density at radius 3 is 2.16 bits per heavy atom. The molecule has 0 aromatic rings. The minimum atomic E-state index is -0.200. The molecule has 2 heterocycles. The molecule has 0 N–H and O–H groups in total. The maximum Gasteiger partial charge on any atom is 0.253 e. The molecule has 2 aliphatic heterocycles. The molecular weight excluding hydrogens is 316 g/mol. The van der Waals surface area contributed by atoms with Gasteiger partial charge in [0.2, 0.25) is 5.91 Å². The molecule has 1 aliphatic carbocycles. The van der Waals surface area contributed by atoms with Crippen LogP contribution in [0, 0.1) is 23.2 Å². The first-order valence-corrected chi connectivity index (χ1v) is 9.58. The van der Waals surface area contributed by atoms with E-state index < -0.39 is 0 Å². The number of rotatable bonds is 3. The van der Waals surface area contributed by atoms with Gasteiger partial charge in [-0.2, -0.15) is 0 Å². The number of carbonyl (C=O) groups is 3. The van der Waals surface area contributed by atoms with Crippen LogP contribution in [0.25, 0.3) is 0 Å². The van der Waals surface area contributed by atoms with Gasteiger partial charge in [-0.15, -0.1) is 0 Å². The third-order valence-corrected chi connectivity index (χ3v) is 6.26. The van der Waals surface area contributed by atoms with Crippen LogP contribution in [0.15, 0.2) is 12.2 Å². The third-order valence-electron chi connectivity index (χ3n) is 6.26. The van der Waals surface area contributed by atoms with Crippen molar-refractivity contribution in [1.82, 2.24) is 9.80 Å². The molecule has 0 radical (unpaired) electrons. The average Bonchev–Trinajstić information content (AvgIpc) is 3.17. The van der Waals surface area contributed by atoms with E-state index in [0.717, 1.165) is 45.2 Å². The summed E-state index contributed by atoms with van der Waals surface area (Å²) in [6.45, 7) is 9.06. The van der Waals surface area contributed by atoms with E-state index in [1.807, 2.05) is 0 Å². The van der Waals surface area contributed by atoms with Gasteiger partial charge in [-0.3, -0.25) is 19.3 Å². The minimum Gasteiger partial charge on any atom is -0.342 e. The van der Waals surface area contributed by atoms with Crippen molar-refractivity contribution < 1.29 is 14.4 Å². The third kappa shape index (κ3) is 3.96. The molecule has 0 spiro atoms. The zero-order valence-electron chi connectivity index (χ0n) is 15.7. The molecule has 3 rings (SSSR count). The van der Waals surface area contributed by atoms with Crippen LogP contribution in [0.1, 0.15) is 52.9 Å². The highest BCUT2D eigenvalue weighted by Crippen LogP contribution is 2.36. The van der Waals surface area contributed by atoms with Crippen molar-refractivity contribution >= 4 is 17.7 Å². The summed E-state index contributed by atoms with van der Waals surface area (Å²) in [4.78, 5) is 39.6. The monoisotopic (exact) mass is 346 g/mol. The van der Waals surface area contributed by atoms with Gasteiger partial charge in [-0.05, 0) is 49.4 Å². The molecule has 0 aromatic carbocycles. The molecule has 0 unspecified atom stereocenters. The van der Waals surface area contributed by atoms with Crippen LogP contribution in [0.5, 0.6) is 0 Å². The quantitative estimate of drug-likeness (QED) is 0.738. The van der Waals surface area contributed by atoms with Gasteiger partial charge in [-0.25, -0.2) is 0 Å². The molecule has 0 bridgehead atoms. The van der Waals surface area contributed by atoms with Crippen molar-refractivity contribution in [1.29, 1.82) is 0 Å². The summed E-state index contributed by atoms with van der Waals surface area (Å²) in [5.41, 5.74) is 0.259. The molecule has 138 valence electrons. The Balaban J connectivity index is 1.47. The summed E-state index contributed by atoms with van der Waals surface area (Å²) in [6.07, 6.45) is 7.39. The Bertz CT molecular complexity index is 564. The Morgan fingerprint density at radius 2 is 1.64 bits per heavy atom.